The number of rotatable bonds is 8. The molecule has 4 atom stereocenters. The lowest BCUT2D eigenvalue weighted by atomic mass is 9.58. The molecule has 2 fully saturated rings. The second-order valence-electron chi connectivity index (χ2n) is 9.59. The number of allylic oxidation sites excluding steroid dienone is 2. The minimum atomic E-state index is -0.344. The van der Waals surface area contributed by atoms with Crippen LogP contribution in [0.25, 0.3) is 0 Å². The molecular formula is C22H35N3O3. The van der Waals surface area contributed by atoms with Crippen molar-refractivity contribution in [1.29, 1.82) is 0 Å². The van der Waals surface area contributed by atoms with Gasteiger partial charge in [-0.3, -0.25) is 19.3 Å². The average Bonchev–Trinajstić information content (AvgIpc) is 3.01. The lowest BCUT2D eigenvalue weighted by molar-refractivity contribution is -0.144. The van der Waals surface area contributed by atoms with Crippen LogP contribution in [-0.2, 0) is 14.4 Å². The third kappa shape index (κ3) is 2.27. The minimum Gasteiger partial charge on any atom is -0.370 e. The van der Waals surface area contributed by atoms with E-state index in [1.54, 1.807) is 0 Å². The fraction of sp³-hybridized carbons (Fsp3) is 0.773. The average molecular weight is 390 g/mol. The van der Waals surface area contributed by atoms with Crippen LogP contribution in [-0.4, -0.2) is 35.7 Å². The van der Waals surface area contributed by atoms with E-state index in [0.29, 0.717) is 32.4 Å². The summed E-state index contributed by atoms with van der Waals surface area (Å²) >= 11 is 0. The zero-order chi connectivity index (χ0) is 21.1. The van der Waals surface area contributed by atoms with Crippen LogP contribution in [0.15, 0.2) is 11.1 Å². The van der Waals surface area contributed by atoms with Crippen molar-refractivity contribution in [3.63, 3.8) is 0 Å². The van der Waals surface area contributed by atoms with Crippen molar-refractivity contribution in [2.75, 3.05) is 13.1 Å². The standard InChI is InChI=1S/C22H35N3O3/c1-13-14(2)22(5)17-16(21(13,4)20(22,3)10-11-23)18(27)25(19(17)28)12-8-6-7-9-15(24)26/h16-17H,6-12,23H2,1-5H3,(H2,24,26). The molecule has 2 aliphatic carbocycles. The predicted molar refractivity (Wildman–Crippen MR) is 108 cm³/mol. The first kappa shape index (κ1) is 21.0. The van der Waals surface area contributed by atoms with Crippen molar-refractivity contribution >= 4 is 17.7 Å². The van der Waals surface area contributed by atoms with Gasteiger partial charge in [0.1, 0.15) is 0 Å². The lowest BCUT2D eigenvalue weighted by Gasteiger charge is -2.46. The largest absolute Gasteiger partial charge is 0.370 e. The van der Waals surface area contributed by atoms with Gasteiger partial charge in [-0.15, -0.1) is 0 Å². The van der Waals surface area contributed by atoms with E-state index in [1.807, 2.05) is 0 Å². The topological polar surface area (TPSA) is 106 Å². The Kier molecular flexibility index (Phi) is 5.02. The van der Waals surface area contributed by atoms with Crippen molar-refractivity contribution in [1.82, 2.24) is 4.90 Å². The van der Waals surface area contributed by atoms with E-state index in [2.05, 4.69) is 34.6 Å². The van der Waals surface area contributed by atoms with Crippen LogP contribution in [0.3, 0.4) is 0 Å². The van der Waals surface area contributed by atoms with Gasteiger partial charge in [-0.2, -0.15) is 0 Å². The molecule has 1 saturated heterocycles. The number of carbonyl (C=O) groups excluding carboxylic acids is 3. The van der Waals surface area contributed by atoms with Gasteiger partial charge in [0.2, 0.25) is 17.7 Å². The highest BCUT2D eigenvalue weighted by Gasteiger charge is 2.80. The molecule has 1 heterocycles. The van der Waals surface area contributed by atoms with Crippen LogP contribution in [0.4, 0.5) is 0 Å². The third-order valence-corrected chi connectivity index (χ3v) is 9.00. The fourth-order valence-electron chi connectivity index (χ4n) is 6.96. The van der Waals surface area contributed by atoms with Crippen molar-refractivity contribution in [3.8, 4) is 0 Å². The van der Waals surface area contributed by atoms with Crippen LogP contribution < -0.4 is 11.5 Å². The highest BCUT2D eigenvalue weighted by atomic mass is 16.2. The van der Waals surface area contributed by atoms with Crippen LogP contribution >= 0.6 is 0 Å². The first-order valence-corrected chi connectivity index (χ1v) is 10.5. The maximum atomic E-state index is 13.4. The van der Waals surface area contributed by atoms with E-state index in [1.165, 1.54) is 16.0 Å². The SMILES string of the molecule is CC1=C(C)C2(C)C3C(=O)N(CCCCCC(N)=O)C(=O)C3C1(C)C2(C)CCN. The molecule has 0 aromatic rings. The van der Waals surface area contributed by atoms with Crippen molar-refractivity contribution < 1.29 is 14.4 Å². The first-order chi connectivity index (χ1) is 13.0. The zero-order valence-corrected chi connectivity index (χ0v) is 17.9. The smallest absolute Gasteiger partial charge is 0.234 e. The van der Waals surface area contributed by atoms with Crippen LogP contribution in [0.1, 0.15) is 66.7 Å². The van der Waals surface area contributed by atoms with Gasteiger partial charge in [0.25, 0.3) is 0 Å². The minimum absolute atomic E-state index is 0.0220. The maximum Gasteiger partial charge on any atom is 0.234 e. The number of primary amides is 1. The molecule has 1 aliphatic heterocycles. The second kappa shape index (κ2) is 6.68. The Bertz CT molecular complexity index is 714. The Morgan fingerprint density at radius 2 is 1.46 bits per heavy atom. The highest BCUT2D eigenvalue weighted by molar-refractivity contribution is 6.07. The first-order valence-electron chi connectivity index (χ1n) is 10.5. The Morgan fingerprint density at radius 1 is 0.964 bits per heavy atom. The van der Waals surface area contributed by atoms with Crippen LogP contribution in [0.2, 0.25) is 0 Å². The number of hydrogen-bond donors (Lipinski definition) is 2. The lowest BCUT2D eigenvalue weighted by Crippen LogP contribution is -2.47. The number of carbonyl (C=O) groups is 3. The molecule has 3 aliphatic rings. The molecule has 0 radical (unpaired) electrons. The van der Waals surface area contributed by atoms with Gasteiger partial charge in [0, 0.05) is 23.8 Å². The van der Waals surface area contributed by atoms with Gasteiger partial charge in [-0.05, 0) is 45.1 Å². The van der Waals surface area contributed by atoms with E-state index in [-0.39, 0.29) is 45.8 Å². The summed E-state index contributed by atoms with van der Waals surface area (Å²) in [7, 11) is 0. The Hall–Kier alpha value is -1.69. The van der Waals surface area contributed by atoms with Crippen LogP contribution in [0.5, 0.6) is 0 Å². The molecule has 0 aromatic carbocycles. The third-order valence-electron chi connectivity index (χ3n) is 9.00. The molecule has 1 saturated carbocycles. The quantitative estimate of drug-likeness (QED) is 0.377. The normalized spacial score (nSPS) is 39.3. The summed E-state index contributed by atoms with van der Waals surface area (Å²) in [6.07, 6.45) is 3.34. The van der Waals surface area contributed by atoms with Gasteiger partial charge in [-0.1, -0.05) is 38.3 Å². The molecule has 4 unspecified atom stereocenters. The van der Waals surface area contributed by atoms with Crippen molar-refractivity contribution in [2.24, 2.45) is 39.5 Å². The van der Waals surface area contributed by atoms with Gasteiger partial charge in [0.05, 0.1) is 11.8 Å². The summed E-state index contributed by atoms with van der Waals surface area (Å²) in [6.45, 7) is 11.8. The Labute approximate surface area is 168 Å². The molecule has 3 rings (SSSR count). The van der Waals surface area contributed by atoms with Crippen molar-refractivity contribution in [3.05, 3.63) is 11.1 Å². The summed E-state index contributed by atoms with van der Waals surface area (Å²) in [5.74, 6) is -0.944. The molecule has 2 bridgehead atoms. The van der Waals surface area contributed by atoms with E-state index in [4.69, 9.17) is 11.5 Å². The number of nitrogens with two attached hydrogens (primary N) is 2. The molecule has 0 spiro atoms. The van der Waals surface area contributed by atoms with Gasteiger partial charge in [0.15, 0.2) is 0 Å². The number of nitrogens with zero attached hydrogens (tertiary/aromatic N) is 1. The van der Waals surface area contributed by atoms with Gasteiger partial charge >= 0.3 is 0 Å². The summed E-state index contributed by atoms with van der Waals surface area (Å²) in [4.78, 5) is 39.2. The van der Waals surface area contributed by atoms with Crippen molar-refractivity contribution in [2.45, 2.75) is 66.7 Å². The monoisotopic (exact) mass is 389 g/mol. The Morgan fingerprint density at radius 3 is 1.89 bits per heavy atom. The molecular weight excluding hydrogens is 354 g/mol. The predicted octanol–water partition coefficient (Wildman–Crippen LogP) is 2.36. The molecule has 6 nitrogen and oxygen atoms in total. The number of imide groups is 1. The number of fused-ring (bicyclic) bond motifs is 5. The summed E-state index contributed by atoms with van der Waals surface area (Å²) in [5, 5.41) is 0. The maximum absolute atomic E-state index is 13.4. The molecule has 6 heteroatoms. The van der Waals surface area contributed by atoms with Gasteiger partial charge in [-0.25, -0.2) is 0 Å². The molecule has 3 amide bonds. The number of amides is 3. The zero-order valence-electron chi connectivity index (χ0n) is 17.9. The second-order valence-corrected chi connectivity index (χ2v) is 9.59. The van der Waals surface area contributed by atoms with Crippen LogP contribution in [0, 0.1) is 28.1 Å². The number of likely N-dealkylation sites (tertiary alicyclic amines) is 1. The summed E-state index contributed by atoms with van der Waals surface area (Å²) in [6, 6.07) is 0. The van der Waals surface area contributed by atoms with Gasteiger partial charge < -0.3 is 11.5 Å². The summed E-state index contributed by atoms with van der Waals surface area (Å²) < 4.78 is 0. The van der Waals surface area contributed by atoms with E-state index < -0.39 is 0 Å². The molecule has 4 N–H and O–H groups in total. The van der Waals surface area contributed by atoms with E-state index in [0.717, 1.165) is 12.8 Å². The fourth-order valence-corrected chi connectivity index (χ4v) is 6.96. The summed E-state index contributed by atoms with van der Waals surface area (Å²) in [5.41, 5.74) is 12.8. The Balaban J connectivity index is 1.87. The van der Waals surface area contributed by atoms with E-state index in [9.17, 15) is 14.4 Å². The highest BCUT2D eigenvalue weighted by Crippen LogP contribution is 2.80. The number of hydrogen-bond acceptors (Lipinski definition) is 4. The molecule has 156 valence electrons. The molecule has 0 aromatic heterocycles. The molecule has 28 heavy (non-hydrogen) atoms. The number of unbranched alkanes of at least 4 members (excludes halogenated alkanes) is 2. The van der Waals surface area contributed by atoms with E-state index >= 15 is 0 Å².